The number of quaternary nitrogens is 3. The standard InChI is InChI=1S/C41H64N4O7/c1-4-43-34-22-29-11-6-5-10-28(29)21-33(34)35(14-9-19-46)51-39(50)41-38(49)32-13-8-7-12-31(32)37(48)40(41,52-41)23-30(24-47)26(2)15-16-27-17-18-44-36(20-27)45-25-42-3/h6,11,22,27-28,31-36,42-47H,4-5,7-10,12-21,23-25H2,1-3H3/p+3. The van der Waals surface area contributed by atoms with Gasteiger partial charge in [0.2, 0.25) is 0 Å². The van der Waals surface area contributed by atoms with Gasteiger partial charge in [-0.05, 0) is 107 Å². The van der Waals surface area contributed by atoms with Gasteiger partial charge in [-0.3, -0.25) is 9.59 Å². The van der Waals surface area contributed by atoms with Gasteiger partial charge in [0.05, 0.1) is 32.7 Å². The number of piperidine rings is 1. The number of hydrogen-bond acceptors (Lipinski definition) is 8. The molecule has 0 aromatic heterocycles. The number of rotatable bonds is 17. The van der Waals surface area contributed by atoms with Crippen molar-refractivity contribution in [2.75, 3.05) is 40.0 Å². The smallest absolute Gasteiger partial charge is 0.350 e. The molecule has 0 spiro atoms. The minimum absolute atomic E-state index is 0.000458. The molecule has 0 aromatic carbocycles. The van der Waals surface area contributed by atoms with Crippen LogP contribution in [0.5, 0.6) is 0 Å². The van der Waals surface area contributed by atoms with E-state index in [2.05, 4.69) is 53.5 Å². The number of ether oxygens (including phenoxy) is 2. The van der Waals surface area contributed by atoms with Crippen molar-refractivity contribution in [3.63, 3.8) is 0 Å². The number of aliphatic hydroxyl groups is 2. The van der Waals surface area contributed by atoms with Crippen LogP contribution < -0.4 is 21.3 Å². The Morgan fingerprint density at radius 2 is 1.92 bits per heavy atom. The van der Waals surface area contributed by atoms with Crippen LogP contribution in [0.1, 0.15) is 104 Å². The number of ketones is 2. The molecule has 2 aliphatic heterocycles. The largest absolute Gasteiger partial charge is 0.459 e. The average Bonchev–Trinajstić information content (AvgIpc) is 3.87. The minimum Gasteiger partial charge on any atom is -0.459 e. The Hall–Kier alpha value is -2.25. The van der Waals surface area contributed by atoms with Crippen molar-refractivity contribution in [3.8, 4) is 0 Å². The zero-order valence-electron chi connectivity index (χ0n) is 32.0. The number of Topliss-reactive ketones (excluding diaryl/α,β-unsaturated/α-hetero) is 2. The molecule has 6 rings (SSSR count). The quantitative estimate of drug-likeness (QED) is 0.0414. The molecule has 4 fully saturated rings. The Morgan fingerprint density at radius 1 is 1.13 bits per heavy atom. The lowest BCUT2D eigenvalue weighted by atomic mass is 9.60. The highest BCUT2D eigenvalue weighted by atomic mass is 16.7. The molecule has 9 N–H and O–H groups in total. The third kappa shape index (κ3) is 7.79. The molecular weight excluding hydrogens is 660 g/mol. The summed E-state index contributed by atoms with van der Waals surface area (Å²) < 4.78 is 12.9. The Balaban J connectivity index is 1.25. The Kier molecular flexibility index (Phi) is 13.3. The first kappa shape index (κ1) is 39.4. The summed E-state index contributed by atoms with van der Waals surface area (Å²) in [6.07, 6.45) is 17.4. The van der Waals surface area contributed by atoms with Crippen LogP contribution in [-0.2, 0) is 23.9 Å². The van der Waals surface area contributed by atoms with Gasteiger partial charge < -0.3 is 35.6 Å². The molecule has 290 valence electrons. The molecular formula is C41H67N4O7+3. The molecule has 0 bridgehead atoms. The van der Waals surface area contributed by atoms with Gasteiger partial charge in [-0.2, -0.15) is 0 Å². The molecule has 2 heterocycles. The zero-order chi connectivity index (χ0) is 36.9. The van der Waals surface area contributed by atoms with Gasteiger partial charge >= 0.3 is 5.97 Å². The maximum Gasteiger partial charge on any atom is 0.350 e. The van der Waals surface area contributed by atoms with Crippen molar-refractivity contribution >= 4 is 17.5 Å². The fraction of sp³-hybridized carbons (Fsp3) is 0.780. The highest BCUT2D eigenvalue weighted by Crippen LogP contribution is 2.62. The molecule has 2 saturated heterocycles. The van der Waals surface area contributed by atoms with Crippen LogP contribution >= 0.6 is 0 Å². The summed E-state index contributed by atoms with van der Waals surface area (Å²) in [5, 5.41) is 31.0. The summed E-state index contributed by atoms with van der Waals surface area (Å²) in [7, 11) is 2.06. The van der Waals surface area contributed by atoms with E-state index in [0.717, 1.165) is 83.1 Å². The molecule has 6 aliphatic rings. The summed E-state index contributed by atoms with van der Waals surface area (Å²) in [4.78, 5) is 43.9. The molecule has 52 heavy (non-hydrogen) atoms. The lowest BCUT2D eigenvalue weighted by Gasteiger charge is -2.40. The van der Waals surface area contributed by atoms with Crippen molar-refractivity contribution in [1.82, 2.24) is 5.32 Å². The topological polar surface area (TPSA) is 175 Å². The molecule has 10 atom stereocenters. The fourth-order valence-electron chi connectivity index (χ4n) is 10.5. The number of allylic oxidation sites excluding steroid dienone is 4. The zero-order valence-corrected chi connectivity index (χ0v) is 32.0. The third-order valence-electron chi connectivity index (χ3n) is 13.5. The second kappa shape index (κ2) is 17.5. The van der Waals surface area contributed by atoms with E-state index in [1.54, 1.807) is 0 Å². The van der Waals surface area contributed by atoms with Crippen molar-refractivity contribution in [3.05, 3.63) is 34.9 Å². The molecule has 11 heteroatoms. The van der Waals surface area contributed by atoms with Gasteiger partial charge in [0.1, 0.15) is 25.0 Å². The third-order valence-corrected chi connectivity index (χ3v) is 13.5. The first-order valence-electron chi connectivity index (χ1n) is 20.7. The molecule has 0 aromatic rings. The molecule has 2 saturated carbocycles. The van der Waals surface area contributed by atoms with E-state index < -0.39 is 35.1 Å². The Morgan fingerprint density at radius 3 is 2.65 bits per heavy atom. The number of nitrogens with two attached hydrogens (primary N) is 3. The predicted octanol–water partition coefficient (Wildman–Crippen LogP) is 0.520. The normalized spacial score (nSPS) is 36.6. The van der Waals surface area contributed by atoms with E-state index in [0.29, 0.717) is 49.3 Å². The maximum atomic E-state index is 14.7. The predicted molar refractivity (Wildman–Crippen MR) is 195 cm³/mol. The lowest BCUT2D eigenvalue weighted by Crippen LogP contribution is -2.97. The van der Waals surface area contributed by atoms with E-state index in [1.165, 1.54) is 5.57 Å². The van der Waals surface area contributed by atoms with Crippen LogP contribution in [0.4, 0.5) is 0 Å². The monoisotopic (exact) mass is 727 g/mol. The average molecular weight is 728 g/mol. The number of epoxide rings is 1. The van der Waals surface area contributed by atoms with E-state index in [1.807, 2.05) is 6.92 Å². The number of hydrogen-bond donors (Lipinski definition) is 6. The van der Waals surface area contributed by atoms with Crippen molar-refractivity contribution in [2.45, 2.75) is 133 Å². The summed E-state index contributed by atoms with van der Waals surface area (Å²) in [6, 6.07) is 0.0916. The minimum atomic E-state index is -1.98. The van der Waals surface area contributed by atoms with Crippen molar-refractivity contribution in [2.24, 2.45) is 29.6 Å². The first-order chi connectivity index (χ1) is 25.2. The van der Waals surface area contributed by atoms with Gasteiger partial charge in [-0.1, -0.05) is 30.6 Å². The van der Waals surface area contributed by atoms with Gasteiger partial charge in [0, 0.05) is 31.3 Å². The maximum absolute atomic E-state index is 14.7. The number of carbonyl (C=O) groups is 3. The first-order valence-corrected chi connectivity index (χ1v) is 20.7. The Bertz CT molecular complexity index is 1400. The number of likely N-dealkylation sites (N-methyl/N-ethyl adjacent to an activating group) is 1. The van der Waals surface area contributed by atoms with Gasteiger partial charge in [0.15, 0.2) is 17.2 Å². The molecule has 4 aliphatic carbocycles. The molecule has 0 amide bonds. The summed E-state index contributed by atoms with van der Waals surface area (Å²) in [5.74, 6) is -1.30. The van der Waals surface area contributed by atoms with Crippen LogP contribution in [0.3, 0.4) is 0 Å². The van der Waals surface area contributed by atoms with Crippen LogP contribution in [0, 0.1) is 29.6 Å². The summed E-state index contributed by atoms with van der Waals surface area (Å²) >= 11 is 0. The summed E-state index contributed by atoms with van der Waals surface area (Å²) in [5.41, 5.74) is -0.591. The highest BCUT2D eigenvalue weighted by Gasteiger charge is 2.87. The number of fused-ring (bicyclic) bond motifs is 3. The van der Waals surface area contributed by atoms with Crippen molar-refractivity contribution < 1.29 is 50.0 Å². The van der Waals surface area contributed by atoms with E-state index in [-0.39, 0.29) is 43.2 Å². The summed E-state index contributed by atoms with van der Waals surface area (Å²) in [6.45, 7) is 6.69. The lowest BCUT2D eigenvalue weighted by molar-refractivity contribution is -0.716. The van der Waals surface area contributed by atoms with E-state index in [4.69, 9.17) is 9.47 Å². The highest BCUT2D eigenvalue weighted by molar-refractivity contribution is 6.23. The molecule has 11 nitrogen and oxygen atoms in total. The van der Waals surface area contributed by atoms with Gasteiger partial charge in [0.25, 0.3) is 5.60 Å². The Labute approximate surface area is 310 Å². The second-order valence-electron chi connectivity index (χ2n) is 16.7. The molecule has 0 radical (unpaired) electrons. The van der Waals surface area contributed by atoms with Gasteiger partial charge in [-0.25, -0.2) is 10.1 Å². The number of esters is 1. The second-order valence-corrected chi connectivity index (χ2v) is 16.7. The van der Waals surface area contributed by atoms with Crippen LogP contribution in [0.15, 0.2) is 34.9 Å². The van der Waals surface area contributed by atoms with Crippen molar-refractivity contribution in [1.29, 1.82) is 0 Å². The van der Waals surface area contributed by atoms with E-state index >= 15 is 0 Å². The number of carbonyl (C=O) groups excluding carboxylic acids is 3. The fourth-order valence-corrected chi connectivity index (χ4v) is 10.5. The SMILES string of the molecule is CC[NH2+]C1C=C2C=CCCC2CC1C(CCCO)OC(=O)C12OC1(CC(CO)=C(C)CCC1CC[NH2+]C(NC[NH2+]C)C1)C(=O)C1CCCCC1C2=O. The number of aliphatic hydroxyl groups excluding tert-OH is 2. The van der Waals surface area contributed by atoms with Gasteiger partial charge in [-0.15, -0.1) is 0 Å². The molecule has 10 unspecified atom stereocenters. The van der Waals surface area contributed by atoms with Crippen LogP contribution in [-0.4, -0.2) is 97.3 Å². The van der Waals surface area contributed by atoms with E-state index in [9.17, 15) is 24.6 Å². The number of nitrogens with one attached hydrogen (secondary N) is 1. The van der Waals surface area contributed by atoms with Crippen LogP contribution in [0.2, 0.25) is 0 Å². The van der Waals surface area contributed by atoms with Crippen LogP contribution in [0.25, 0.3) is 0 Å².